The first-order valence-corrected chi connectivity index (χ1v) is 12.0. The van der Waals surface area contributed by atoms with Crippen LogP contribution >= 0.6 is 0 Å². The molecule has 158 valence electrons. The second kappa shape index (κ2) is 9.08. The van der Waals surface area contributed by atoms with E-state index in [1.165, 1.54) is 17.5 Å². The zero-order valence-electron chi connectivity index (χ0n) is 17.6. The summed E-state index contributed by atoms with van der Waals surface area (Å²) in [4.78, 5) is 0. The van der Waals surface area contributed by atoms with E-state index in [0.717, 1.165) is 0 Å². The lowest BCUT2D eigenvalue weighted by Crippen LogP contribution is -2.67. The van der Waals surface area contributed by atoms with Gasteiger partial charge in [0.15, 0.2) is 6.29 Å². The lowest BCUT2D eigenvalue weighted by atomic mass is 10.0. The van der Waals surface area contributed by atoms with Gasteiger partial charge in [0.25, 0.3) is 8.32 Å². The minimum absolute atomic E-state index is 0.164. The van der Waals surface area contributed by atoms with Gasteiger partial charge in [-0.25, -0.2) is 0 Å². The van der Waals surface area contributed by atoms with Gasteiger partial charge in [0.05, 0.1) is 12.7 Å². The van der Waals surface area contributed by atoms with Crippen LogP contribution in [0.3, 0.4) is 0 Å². The standard InChI is InChI=1S/C23H32O5Si/c1-23(2,3)29(17-11-7-5-8-12-17,18-13-9-6-10-14-18)27-16-21-19(24)15-20(26-4)22(25)28-21/h5-14,19-22,24-25H,15-16H2,1-4H3/t19-,20+,21+,22-/m0/s1. The number of aliphatic hydroxyl groups excluding tert-OH is 2. The van der Waals surface area contributed by atoms with Crippen molar-refractivity contribution in [3.05, 3.63) is 60.7 Å². The van der Waals surface area contributed by atoms with Crippen LogP contribution < -0.4 is 10.4 Å². The molecule has 0 bridgehead atoms. The van der Waals surface area contributed by atoms with Gasteiger partial charge in [0.2, 0.25) is 0 Å². The van der Waals surface area contributed by atoms with E-state index in [9.17, 15) is 10.2 Å². The first-order valence-electron chi connectivity index (χ1n) is 10.1. The molecule has 0 aliphatic carbocycles. The van der Waals surface area contributed by atoms with Crippen LogP contribution in [-0.2, 0) is 13.9 Å². The van der Waals surface area contributed by atoms with Crippen molar-refractivity contribution < 1.29 is 24.1 Å². The maximum Gasteiger partial charge on any atom is 0.261 e. The minimum atomic E-state index is -2.71. The van der Waals surface area contributed by atoms with E-state index in [2.05, 4.69) is 45.0 Å². The molecule has 2 N–H and O–H groups in total. The molecule has 4 atom stereocenters. The van der Waals surface area contributed by atoms with Crippen LogP contribution in [0.15, 0.2) is 60.7 Å². The average molecular weight is 417 g/mol. The minimum Gasteiger partial charge on any atom is -0.405 e. The van der Waals surface area contributed by atoms with Gasteiger partial charge in [-0.2, -0.15) is 0 Å². The molecule has 0 radical (unpaired) electrons. The fourth-order valence-electron chi connectivity index (χ4n) is 4.20. The van der Waals surface area contributed by atoms with Gasteiger partial charge in [-0.3, -0.25) is 0 Å². The van der Waals surface area contributed by atoms with E-state index >= 15 is 0 Å². The van der Waals surface area contributed by atoms with Crippen molar-refractivity contribution in [1.82, 2.24) is 0 Å². The van der Waals surface area contributed by atoms with Crippen LogP contribution in [-0.4, -0.2) is 56.8 Å². The molecule has 0 unspecified atom stereocenters. The molecule has 1 fully saturated rings. The molecule has 5 nitrogen and oxygen atoms in total. The zero-order chi connectivity index (χ0) is 21.1. The molecule has 0 aromatic heterocycles. The first-order chi connectivity index (χ1) is 13.8. The monoisotopic (exact) mass is 416 g/mol. The highest BCUT2D eigenvalue weighted by molar-refractivity contribution is 6.99. The van der Waals surface area contributed by atoms with Gasteiger partial charge in [-0.15, -0.1) is 0 Å². The van der Waals surface area contributed by atoms with Crippen molar-refractivity contribution in [3.63, 3.8) is 0 Å². The SMILES string of the molecule is CO[C@@H]1C[C@H](O)[C@@H](CO[Si](c2ccccc2)(c2ccccc2)C(C)(C)C)O[C@@H]1O. The van der Waals surface area contributed by atoms with Crippen molar-refractivity contribution >= 4 is 18.7 Å². The van der Waals surface area contributed by atoms with Crippen LogP contribution in [0, 0.1) is 0 Å². The third-order valence-electron chi connectivity index (χ3n) is 5.72. The largest absolute Gasteiger partial charge is 0.405 e. The Morgan fingerprint density at radius 2 is 1.48 bits per heavy atom. The molecule has 2 aromatic rings. The maximum absolute atomic E-state index is 10.5. The summed E-state index contributed by atoms with van der Waals surface area (Å²) in [5.74, 6) is 0. The number of benzene rings is 2. The second-order valence-corrected chi connectivity index (χ2v) is 12.9. The van der Waals surface area contributed by atoms with E-state index in [1.54, 1.807) is 0 Å². The van der Waals surface area contributed by atoms with Crippen LogP contribution in [0.1, 0.15) is 27.2 Å². The molecule has 1 saturated heterocycles. The molecule has 29 heavy (non-hydrogen) atoms. The Morgan fingerprint density at radius 1 is 0.966 bits per heavy atom. The predicted octanol–water partition coefficient (Wildman–Crippen LogP) is 2.05. The summed E-state index contributed by atoms with van der Waals surface area (Å²) in [5, 5.41) is 22.9. The Bertz CT molecular complexity index is 722. The molecule has 1 aliphatic heterocycles. The van der Waals surface area contributed by atoms with E-state index < -0.39 is 32.9 Å². The van der Waals surface area contributed by atoms with Crippen molar-refractivity contribution in [1.29, 1.82) is 0 Å². The first kappa shape index (κ1) is 22.1. The molecular weight excluding hydrogens is 384 g/mol. The lowest BCUT2D eigenvalue weighted by Gasteiger charge is -2.45. The van der Waals surface area contributed by atoms with Gasteiger partial charge >= 0.3 is 0 Å². The lowest BCUT2D eigenvalue weighted by molar-refractivity contribution is -0.255. The van der Waals surface area contributed by atoms with Gasteiger partial charge in [0.1, 0.15) is 12.2 Å². The highest BCUT2D eigenvalue weighted by Gasteiger charge is 2.51. The molecule has 1 aliphatic rings. The Kier molecular flexibility index (Phi) is 6.93. The third-order valence-corrected chi connectivity index (χ3v) is 10.7. The van der Waals surface area contributed by atoms with E-state index in [4.69, 9.17) is 13.9 Å². The van der Waals surface area contributed by atoms with Gasteiger partial charge in [-0.1, -0.05) is 81.4 Å². The van der Waals surface area contributed by atoms with Crippen molar-refractivity contribution in [3.8, 4) is 0 Å². The molecule has 0 spiro atoms. The summed E-state index contributed by atoms with van der Waals surface area (Å²) >= 11 is 0. The highest BCUT2D eigenvalue weighted by Crippen LogP contribution is 2.37. The number of ether oxygens (including phenoxy) is 2. The Balaban J connectivity index is 1.96. The molecule has 1 heterocycles. The van der Waals surface area contributed by atoms with Crippen LogP contribution in [0.25, 0.3) is 0 Å². The molecule has 2 aromatic carbocycles. The van der Waals surface area contributed by atoms with Gasteiger partial charge in [-0.05, 0) is 15.4 Å². The average Bonchev–Trinajstić information content (AvgIpc) is 2.71. The summed E-state index contributed by atoms with van der Waals surface area (Å²) in [6, 6.07) is 20.6. The van der Waals surface area contributed by atoms with E-state index in [1.807, 2.05) is 36.4 Å². The highest BCUT2D eigenvalue weighted by atomic mass is 28.4. The van der Waals surface area contributed by atoms with Crippen molar-refractivity contribution in [2.75, 3.05) is 13.7 Å². The second-order valence-electron chi connectivity index (χ2n) is 8.62. The number of hydrogen-bond donors (Lipinski definition) is 2. The van der Waals surface area contributed by atoms with Crippen LogP contribution in [0.2, 0.25) is 5.04 Å². The van der Waals surface area contributed by atoms with Crippen LogP contribution in [0.5, 0.6) is 0 Å². The predicted molar refractivity (Wildman–Crippen MR) is 116 cm³/mol. The summed E-state index contributed by atoms with van der Waals surface area (Å²) in [5.41, 5.74) is 0. The van der Waals surface area contributed by atoms with Gasteiger partial charge in [0, 0.05) is 13.5 Å². The molecule has 3 rings (SSSR count). The van der Waals surface area contributed by atoms with Crippen molar-refractivity contribution in [2.45, 2.75) is 56.8 Å². The fourth-order valence-corrected chi connectivity index (χ4v) is 8.77. The van der Waals surface area contributed by atoms with E-state index in [-0.39, 0.29) is 11.6 Å². The normalized spacial score (nSPS) is 25.7. The maximum atomic E-state index is 10.5. The molecule has 6 heteroatoms. The Labute approximate surface area is 174 Å². The number of aliphatic hydroxyl groups is 2. The molecular formula is C23H32O5Si. The van der Waals surface area contributed by atoms with Crippen LogP contribution in [0.4, 0.5) is 0 Å². The smallest absolute Gasteiger partial charge is 0.261 e. The number of methoxy groups -OCH3 is 1. The Hall–Kier alpha value is -1.54. The summed E-state index contributed by atoms with van der Waals surface area (Å²) in [7, 11) is -1.21. The van der Waals surface area contributed by atoms with Crippen molar-refractivity contribution in [2.24, 2.45) is 0 Å². The zero-order valence-corrected chi connectivity index (χ0v) is 18.6. The van der Waals surface area contributed by atoms with E-state index in [0.29, 0.717) is 6.42 Å². The third kappa shape index (κ3) is 4.48. The summed E-state index contributed by atoms with van der Waals surface area (Å²) in [6.07, 6.45) is -2.67. The molecule has 0 saturated carbocycles. The number of rotatable bonds is 6. The quantitative estimate of drug-likeness (QED) is 0.706. The topological polar surface area (TPSA) is 68.2 Å². The Morgan fingerprint density at radius 3 is 1.93 bits per heavy atom. The molecule has 0 amide bonds. The van der Waals surface area contributed by atoms with Gasteiger partial charge < -0.3 is 24.1 Å². The summed E-state index contributed by atoms with van der Waals surface area (Å²) < 4.78 is 17.6. The fraction of sp³-hybridized carbons (Fsp3) is 0.478. The number of hydrogen-bond acceptors (Lipinski definition) is 5. The summed E-state index contributed by atoms with van der Waals surface area (Å²) in [6.45, 7) is 6.80.